The van der Waals surface area contributed by atoms with E-state index in [1.807, 2.05) is 0 Å². The summed E-state index contributed by atoms with van der Waals surface area (Å²) in [5.74, 6) is -1.62. The van der Waals surface area contributed by atoms with Crippen LogP contribution in [0.1, 0.15) is 16.9 Å². The number of imidazole rings is 1. The fourth-order valence-corrected chi connectivity index (χ4v) is 1.43. The van der Waals surface area contributed by atoms with E-state index < -0.39 is 5.97 Å². The van der Waals surface area contributed by atoms with Crippen LogP contribution < -0.4 is 5.32 Å². The van der Waals surface area contributed by atoms with Crippen LogP contribution in [0.5, 0.6) is 0 Å². The molecule has 1 amide bonds. The average molecular weight is 261 g/mol. The summed E-state index contributed by atoms with van der Waals surface area (Å²) in [4.78, 5) is 33.9. The Morgan fingerprint density at radius 1 is 1.26 bits per heavy atom. The summed E-state index contributed by atoms with van der Waals surface area (Å²) in [6, 6.07) is 0. The molecule has 0 unspecified atom stereocenters. The predicted octanol–water partition coefficient (Wildman–Crippen LogP) is 0.400. The molecular formula is C11H11N5O3. The largest absolute Gasteiger partial charge is 0.476 e. The third-order valence-corrected chi connectivity index (χ3v) is 2.31. The van der Waals surface area contributed by atoms with Gasteiger partial charge in [0.15, 0.2) is 11.5 Å². The zero-order valence-corrected chi connectivity index (χ0v) is 9.85. The smallest absolute Gasteiger partial charge is 0.358 e. The number of amides is 1. The first-order valence-corrected chi connectivity index (χ1v) is 5.46. The van der Waals surface area contributed by atoms with Gasteiger partial charge in [0, 0.05) is 37.8 Å². The first-order valence-electron chi connectivity index (χ1n) is 5.46. The number of anilines is 1. The topological polar surface area (TPSA) is 110 Å². The second kappa shape index (κ2) is 5.71. The minimum Gasteiger partial charge on any atom is -0.476 e. The van der Waals surface area contributed by atoms with Gasteiger partial charge in [-0.2, -0.15) is 0 Å². The molecule has 0 aliphatic carbocycles. The molecule has 0 saturated heterocycles. The molecule has 0 aromatic carbocycles. The number of carboxylic acids is 1. The van der Waals surface area contributed by atoms with Crippen molar-refractivity contribution in [2.45, 2.75) is 13.0 Å². The van der Waals surface area contributed by atoms with E-state index >= 15 is 0 Å². The van der Waals surface area contributed by atoms with Gasteiger partial charge < -0.3 is 15.0 Å². The number of carbonyl (C=O) groups excluding carboxylic acids is 1. The highest BCUT2D eigenvalue weighted by atomic mass is 16.4. The predicted molar refractivity (Wildman–Crippen MR) is 64.5 cm³/mol. The van der Waals surface area contributed by atoms with Crippen LogP contribution in [0.2, 0.25) is 0 Å². The summed E-state index contributed by atoms with van der Waals surface area (Å²) in [7, 11) is 0. The average Bonchev–Trinajstić information content (AvgIpc) is 2.90. The van der Waals surface area contributed by atoms with E-state index in [0.29, 0.717) is 6.54 Å². The van der Waals surface area contributed by atoms with Gasteiger partial charge in [0.05, 0.1) is 6.33 Å². The minimum absolute atomic E-state index is 0.0503. The van der Waals surface area contributed by atoms with Crippen molar-refractivity contribution in [3.63, 3.8) is 0 Å². The van der Waals surface area contributed by atoms with Crippen molar-refractivity contribution in [3.05, 3.63) is 36.8 Å². The number of aryl methyl sites for hydroxylation is 1. The van der Waals surface area contributed by atoms with Crippen molar-refractivity contribution < 1.29 is 14.7 Å². The lowest BCUT2D eigenvalue weighted by atomic mass is 10.3. The SMILES string of the molecule is O=C(CCn1ccnc1)Nc1nccnc1C(=O)O. The van der Waals surface area contributed by atoms with Crippen molar-refractivity contribution in [1.29, 1.82) is 0 Å². The number of hydrogen-bond acceptors (Lipinski definition) is 5. The molecular weight excluding hydrogens is 250 g/mol. The second-order valence-electron chi connectivity index (χ2n) is 3.66. The van der Waals surface area contributed by atoms with Crippen LogP contribution in [0.15, 0.2) is 31.1 Å². The molecule has 0 spiro atoms. The van der Waals surface area contributed by atoms with E-state index in [9.17, 15) is 9.59 Å². The van der Waals surface area contributed by atoms with Gasteiger partial charge in [-0.25, -0.2) is 19.7 Å². The summed E-state index contributed by atoms with van der Waals surface area (Å²) in [6.07, 6.45) is 7.70. The van der Waals surface area contributed by atoms with E-state index in [0.717, 1.165) is 0 Å². The Balaban J connectivity index is 1.97. The Morgan fingerprint density at radius 3 is 2.74 bits per heavy atom. The molecule has 2 N–H and O–H groups in total. The fourth-order valence-electron chi connectivity index (χ4n) is 1.43. The maximum absolute atomic E-state index is 11.7. The van der Waals surface area contributed by atoms with Crippen LogP contribution >= 0.6 is 0 Å². The Kier molecular flexibility index (Phi) is 3.81. The molecule has 0 saturated carbocycles. The van der Waals surface area contributed by atoms with Gasteiger partial charge in [-0.15, -0.1) is 0 Å². The molecule has 0 fully saturated rings. The van der Waals surface area contributed by atoms with Crippen molar-refractivity contribution in [1.82, 2.24) is 19.5 Å². The molecule has 0 atom stereocenters. The fraction of sp³-hybridized carbons (Fsp3) is 0.182. The molecule has 2 aromatic heterocycles. The van der Waals surface area contributed by atoms with Gasteiger partial charge in [0.2, 0.25) is 5.91 Å². The molecule has 0 aliphatic rings. The maximum Gasteiger partial charge on any atom is 0.358 e. The molecule has 0 aliphatic heterocycles. The maximum atomic E-state index is 11.7. The lowest BCUT2D eigenvalue weighted by Crippen LogP contribution is -2.18. The summed E-state index contributed by atoms with van der Waals surface area (Å²) in [6.45, 7) is 0.453. The zero-order valence-electron chi connectivity index (χ0n) is 9.85. The molecule has 2 heterocycles. The van der Waals surface area contributed by atoms with Crippen LogP contribution in [0.3, 0.4) is 0 Å². The molecule has 8 nitrogen and oxygen atoms in total. The van der Waals surface area contributed by atoms with Gasteiger partial charge in [-0.05, 0) is 0 Å². The van der Waals surface area contributed by atoms with Crippen molar-refractivity contribution in [3.8, 4) is 0 Å². The molecule has 0 radical (unpaired) electrons. The highest BCUT2D eigenvalue weighted by Crippen LogP contribution is 2.08. The van der Waals surface area contributed by atoms with E-state index in [1.54, 1.807) is 23.3 Å². The van der Waals surface area contributed by atoms with Gasteiger partial charge >= 0.3 is 5.97 Å². The van der Waals surface area contributed by atoms with Gasteiger partial charge in [0.1, 0.15) is 0 Å². The number of nitrogens with one attached hydrogen (secondary N) is 1. The molecule has 2 rings (SSSR count). The Bertz CT molecular complexity index is 582. The summed E-state index contributed by atoms with van der Waals surface area (Å²) < 4.78 is 1.74. The molecule has 2 aromatic rings. The Labute approximate surface area is 108 Å². The summed E-state index contributed by atoms with van der Waals surface area (Å²) in [5, 5.41) is 11.3. The van der Waals surface area contributed by atoms with Crippen LogP contribution in [0.25, 0.3) is 0 Å². The molecule has 98 valence electrons. The first kappa shape index (κ1) is 12.7. The lowest BCUT2D eigenvalue weighted by molar-refractivity contribution is -0.116. The third-order valence-electron chi connectivity index (χ3n) is 2.31. The van der Waals surface area contributed by atoms with Crippen LogP contribution in [0.4, 0.5) is 5.82 Å². The van der Waals surface area contributed by atoms with Crippen LogP contribution in [0, 0.1) is 0 Å². The van der Waals surface area contributed by atoms with Crippen molar-refractivity contribution in [2.24, 2.45) is 0 Å². The normalized spacial score (nSPS) is 10.1. The van der Waals surface area contributed by atoms with Crippen LogP contribution in [-0.2, 0) is 11.3 Å². The highest BCUT2D eigenvalue weighted by molar-refractivity contribution is 5.97. The van der Waals surface area contributed by atoms with E-state index in [-0.39, 0.29) is 23.8 Å². The Morgan fingerprint density at radius 2 is 2.05 bits per heavy atom. The number of nitrogens with zero attached hydrogens (tertiary/aromatic N) is 4. The minimum atomic E-state index is -1.24. The number of carboxylic acid groups (broad SMARTS) is 1. The number of carbonyl (C=O) groups is 2. The molecule has 0 bridgehead atoms. The van der Waals surface area contributed by atoms with Gasteiger partial charge in [0.25, 0.3) is 0 Å². The first-order chi connectivity index (χ1) is 9.16. The van der Waals surface area contributed by atoms with E-state index in [2.05, 4.69) is 20.3 Å². The number of aromatic carboxylic acids is 1. The summed E-state index contributed by atoms with van der Waals surface area (Å²) >= 11 is 0. The van der Waals surface area contributed by atoms with Gasteiger partial charge in [-0.3, -0.25) is 4.79 Å². The van der Waals surface area contributed by atoms with Crippen molar-refractivity contribution >= 4 is 17.7 Å². The van der Waals surface area contributed by atoms with Crippen molar-refractivity contribution in [2.75, 3.05) is 5.32 Å². The quantitative estimate of drug-likeness (QED) is 0.806. The standard InChI is InChI=1S/C11H11N5O3/c17-8(1-5-16-6-4-12-7-16)15-10-9(11(18)19)13-2-3-14-10/h2-4,6-7H,1,5H2,(H,18,19)(H,14,15,17). The molecule has 19 heavy (non-hydrogen) atoms. The van der Waals surface area contributed by atoms with E-state index in [1.165, 1.54) is 12.4 Å². The summed E-state index contributed by atoms with van der Waals surface area (Å²) in [5.41, 5.74) is -0.279. The lowest BCUT2D eigenvalue weighted by Gasteiger charge is -2.06. The second-order valence-corrected chi connectivity index (χ2v) is 3.66. The Hall–Kier alpha value is -2.77. The highest BCUT2D eigenvalue weighted by Gasteiger charge is 2.14. The molecule has 8 heteroatoms. The van der Waals surface area contributed by atoms with E-state index in [4.69, 9.17) is 5.11 Å². The number of aromatic nitrogens is 4. The third kappa shape index (κ3) is 3.35. The number of hydrogen-bond donors (Lipinski definition) is 2. The number of rotatable bonds is 5. The van der Waals surface area contributed by atoms with Gasteiger partial charge in [-0.1, -0.05) is 0 Å². The zero-order chi connectivity index (χ0) is 13.7. The monoisotopic (exact) mass is 261 g/mol. The van der Waals surface area contributed by atoms with Crippen LogP contribution in [-0.4, -0.2) is 36.5 Å².